The van der Waals surface area contributed by atoms with Gasteiger partial charge in [-0.2, -0.15) is 0 Å². The van der Waals surface area contributed by atoms with Crippen LogP contribution in [-0.4, -0.2) is 47.4 Å². The number of rotatable bonds is 5. The number of hydrogen-bond acceptors (Lipinski definition) is 4. The zero-order valence-corrected chi connectivity index (χ0v) is 17.7. The van der Waals surface area contributed by atoms with E-state index in [9.17, 15) is 14.7 Å². The summed E-state index contributed by atoms with van der Waals surface area (Å²) in [5.41, 5.74) is 1.81. The average molecular weight is 406 g/mol. The number of carbonyl (C=O) groups excluding carboxylic acids is 1. The number of hydrogen-bond donors (Lipinski definition) is 3. The summed E-state index contributed by atoms with van der Waals surface area (Å²) in [6.45, 7) is 4.28. The molecule has 3 fully saturated rings. The number of nitrogens with one attached hydrogen (secondary N) is 1. The van der Waals surface area contributed by atoms with Gasteiger partial charge in [0, 0.05) is 0 Å². The van der Waals surface area contributed by atoms with Gasteiger partial charge in [-0.15, -0.1) is 0 Å². The van der Waals surface area contributed by atoms with Crippen LogP contribution < -0.4 is 5.32 Å². The summed E-state index contributed by atoms with van der Waals surface area (Å²) in [6.07, 6.45) is 10.8. The normalized spacial score (nSPS) is 43.6. The van der Waals surface area contributed by atoms with Crippen molar-refractivity contribution in [3.63, 3.8) is 0 Å². The fourth-order valence-electron chi connectivity index (χ4n) is 7.21. The Morgan fingerprint density at radius 1 is 1.14 bits per heavy atom. The second-order valence-corrected chi connectivity index (χ2v) is 10.2. The minimum absolute atomic E-state index is 0.0626. The lowest BCUT2D eigenvalue weighted by molar-refractivity contribution is -0.139. The van der Waals surface area contributed by atoms with Crippen LogP contribution in [-0.2, 0) is 14.3 Å². The van der Waals surface area contributed by atoms with Crippen molar-refractivity contribution in [3.8, 4) is 0 Å². The van der Waals surface area contributed by atoms with Crippen molar-refractivity contribution in [1.82, 2.24) is 5.32 Å². The van der Waals surface area contributed by atoms with Gasteiger partial charge < -0.3 is 20.3 Å². The Morgan fingerprint density at radius 2 is 1.93 bits per heavy atom. The third-order valence-electron chi connectivity index (χ3n) is 8.89. The lowest BCUT2D eigenvalue weighted by Gasteiger charge is -2.58. The molecule has 4 rings (SSSR count). The van der Waals surface area contributed by atoms with Crippen LogP contribution in [0.2, 0.25) is 0 Å². The van der Waals surface area contributed by atoms with Crippen LogP contribution in [0, 0.1) is 28.6 Å². The Bertz CT molecular complexity index is 705. The molecule has 3 saturated carbocycles. The number of allylic oxidation sites excluding steroid dienone is 1. The van der Waals surface area contributed by atoms with Gasteiger partial charge >= 0.3 is 5.97 Å². The molecule has 6 nitrogen and oxygen atoms in total. The Hall–Kier alpha value is -1.40. The van der Waals surface area contributed by atoms with Crippen LogP contribution in [0.15, 0.2) is 11.6 Å². The fraction of sp³-hybridized carbons (Fsp3) is 0.826. The molecule has 6 unspecified atom stereocenters. The molecule has 0 aliphatic heterocycles. The summed E-state index contributed by atoms with van der Waals surface area (Å²) >= 11 is 0. The second-order valence-electron chi connectivity index (χ2n) is 10.2. The van der Waals surface area contributed by atoms with Crippen molar-refractivity contribution >= 4 is 11.9 Å². The average Bonchev–Trinajstić information content (AvgIpc) is 2.99. The molecule has 3 N–H and O–H groups in total. The molecule has 0 spiro atoms. The number of carboxylic acids is 1. The van der Waals surface area contributed by atoms with Crippen LogP contribution in [0.25, 0.3) is 0 Å². The van der Waals surface area contributed by atoms with E-state index in [0.29, 0.717) is 17.8 Å². The molecule has 7 atom stereocenters. The van der Waals surface area contributed by atoms with Crippen LogP contribution >= 0.6 is 0 Å². The van der Waals surface area contributed by atoms with Crippen LogP contribution in [0.3, 0.4) is 0 Å². The molecule has 0 aromatic rings. The van der Waals surface area contributed by atoms with Crippen LogP contribution in [0.4, 0.5) is 0 Å². The molecule has 0 aromatic heterocycles. The molecule has 0 heterocycles. The summed E-state index contributed by atoms with van der Waals surface area (Å²) in [5, 5.41) is 21.6. The molecule has 0 aromatic carbocycles. The van der Waals surface area contributed by atoms with Crippen LogP contribution in [0.5, 0.6) is 0 Å². The summed E-state index contributed by atoms with van der Waals surface area (Å²) in [4.78, 5) is 22.3. The summed E-state index contributed by atoms with van der Waals surface area (Å²) < 4.78 is 5.79. The molecule has 162 valence electrons. The third kappa shape index (κ3) is 3.63. The van der Waals surface area contributed by atoms with E-state index >= 15 is 0 Å². The standard InChI is InChI=1S/C23H35NO5/c1-22-9-7-15(29-13-20(26)24-12-21(27)28)11-14(22)3-4-16-17-5-6-19(25)23(17,2)10-8-18(16)22/h11,15-19,25H,3-10,12-13H2,1-2H3,(H,24,26)(H,27,28)/t15-,16?,17?,18?,19?,22?,23?/m0/s1. The number of carbonyl (C=O) groups is 2. The highest BCUT2D eigenvalue weighted by molar-refractivity contribution is 5.81. The van der Waals surface area contributed by atoms with E-state index in [0.717, 1.165) is 32.1 Å². The van der Waals surface area contributed by atoms with Gasteiger partial charge in [0.05, 0.1) is 12.2 Å². The summed E-state index contributed by atoms with van der Waals surface area (Å²) in [7, 11) is 0. The number of aliphatic carboxylic acids is 1. The first-order valence-corrected chi connectivity index (χ1v) is 11.2. The molecular formula is C23H35NO5. The van der Waals surface area contributed by atoms with Gasteiger partial charge in [-0.25, -0.2) is 0 Å². The minimum Gasteiger partial charge on any atom is -0.480 e. The molecule has 4 aliphatic rings. The molecule has 4 aliphatic carbocycles. The van der Waals surface area contributed by atoms with Gasteiger partial charge in [0.15, 0.2) is 0 Å². The van der Waals surface area contributed by atoms with E-state index in [-0.39, 0.29) is 42.1 Å². The number of carboxylic acid groups (broad SMARTS) is 1. The Balaban J connectivity index is 1.41. The number of fused-ring (bicyclic) bond motifs is 5. The maximum absolute atomic E-state index is 11.7. The smallest absolute Gasteiger partial charge is 0.322 e. The number of aliphatic hydroxyl groups is 1. The van der Waals surface area contributed by atoms with E-state index in [4.69, 9.17) is 9.84 Å². The van der Waals surface area contributed by atoms with Gasteiger partial charge in [-0.3, -0.25) is 9.59 Å². The van der Waals surface area contributed by atoms with Crippen LogP contribution in [0.1, 0.15) is 65.2 Å². The van der Waals surface area contributed by atoms with E-state index in [2.05, 4.69) is 25.2 Å². The monoisotopic (exact) mass is 405 g/mol. The summed E-state index contributed by atoms with van der Waals surface area (Å²) in [5.74, 6) is 0.623. The molecule has 1 amide bonds. The predicted molar refractivity (Wildman–Crippen MR) is 108 cm³/mol. The zero-order valence-electron chi connectivity index (χ0n) is 17.7. The first-order chi connectivity index (χ1) is 13.7. The Morgan fingerprint density at radius 3 is 2.69 bits per heavy atom. The SMILES string of the molecule is CC12CC[C@H](OCC(=O)NCC(=O)O)C=C1CCC1C2CCC2(C)C(O)CCC12. The van der Waals surface area contributed by atoms with Crippen molar-refractivity contribution in [3.05, 3.63) is 11.6 Å². The predicted octanol–water partition coefficient (Wildman–Crippen LogP) is 2.90. The van der Waals surface area contributed by atoms with E-state index in [1.54, 1.807) is 0 Å². The largest absolute Gasteiger partial charge is 0.480 e. The molecule has 0 saturated heterocycles. The second kappa shape index (κ2) is 7.69. The number of aliphatic hydroxyl groups excluding tert-OH is 1. The van der Waals surface area contributed by atoms with E-state index < -0.39 is 5.97 Å². The van der Waals surface area contributed by atoms with E-state index in [1.807, 2.05) is 0 Å². The van der Waals surface area contributed by atoms with Crippen molar-refractivity contribution in [1.29, 1.82) is 0 Å². The highest BCUT2D eigenvalue weighted by atomic mass is 16.5. The fourth-order valence-corrected chi connectivity index (χ4v) is 7.21. The first kappa shape index (κ1) is 20.9. The van der Waals surface area contributed by atoms with Crippen molar-refractivity contribution in [2.24, 2.45) is 28.6 Å². The van der Waals surface area contributed by atoms with Gasteiger partial charge in [0.2, 0.25) is 5.91 Å². The highest BCUT2D eigenvalue weighted by Gasteiger charge is 2.58. The maximum atomic E-state index is 11.7. The molecule has 0 bridgehead atoms. The van der Waals surface area contributed by atoms with Gasteiger partial charge in [-0.05, 0) is 80.0 Å². The van der Waals surface area contributed by atoms with Crippen molar-refractivity contribution in [2.75, 3.05) is 13.2 Å². The third-order valence-corrected chi connectivity index (χ3v) is 8.89. The zero-order chi connectivity index (χ0) is 20.8. The van der Waals surface area contributed by atoms with Gasteiger partial charge in [0.1, 0.15) is 13.2 Å². The lowest BCUT2D eigenvalue weighted by Crippen LogP contribution is -2.51. The Labute approximate surface area is 173 Å². The Kier molecular flexibility index (Phi) is 5.53. The van der Waals surface area contributed by atoms with E-state index in [1.165, 1.54) is 24.8 Å². The number of amides is 1. The van der Waals surface area contributed by atoms with Gasteiger partial charge in [-0.1, -0.05) is 25.5 Å². The molecule has 29 heavy (non-hydrogen) atoms. The molecule has 0 radical (unpaired) electrons. The van der Waals surface area contributed by atoms with Crippen molar-refractivity contribution < 1.29 is 24.5 Å². The highest BCUT2D eigenvalue weighted by Crippen LogP contribution is 2.65. The number of ether oxygens (including phenoxy) is 1. The molecular weight excluding hydrogens is 370 g/mol. The van der Waals surface area contributed by atoms with Crippen molar-refractivity contribution in [2.45, 2.75) is 77.4 Å². The first-order valence-electron chi connectivity index (χ1n) is 11.2. The topological polar surface area (TPSA) is 95.9 Å². The van der Waals surface area contributed by atoms with Gasteiger partial charge in [0.25, 0.3) is 0 Å². The maximum Gasteiger partial charge on any atom is 0.322 e. The summed E-state index contributed by atoms with van der Waals surface area (Å²) in [6, 6.07) is 0. The quantitative estimate of drug-likeness (QED) is 0.611. The molecule has 6 heteroatoms. The minimum atomic E-state index is -1.05. The lowest BCUT2D eigenvalue weighted by atomic mass is 9.47.